The molecule has 108 valence electrons. The lowest BCUT2D eigenvalue weighted by Gasteiger charge is -2.04. The van der Waals surface area contributed by atoms with E-state index in [4.69, 9.17) is 4.42 Å². The normalized spacial score (nSPS) is 11.2. The smallest absolute Gasteiger partial charge is 0.247 e. The number of nitrogens with zero attached hydrogens (tertiary/aromatic N) is 2. The van der Waals surface area contributed by atoms with Crippen LogP contribution in [-0.2, 0) is 6.54 Å². The summed E-state index contributed by atoms with van der Waals surface area (Å²) in [6.45, 7) is 4.76. The van der Waals surface area contributed by atoms with Gasteiger partial charge in [0, 0.05) is 11.9 Å². The number of furan rings is 1. The SMILES string of the molecule is CCCn1ncc(Br)c1C(=O)c1cc2cc(C)ccc2o1. The molecule has 0 saturated carbocycles. The first-order valence-electron chi connectivity index (χ1n) is 6.86. The highest BCUT2D eigenvalue weighted by Crippen LogP contribution is 2.25. The Morgan fingerprint density at radius 1 is 1.38 bits per heavy atom. The van der Waals surface area contributed by atoms with Gasteiger partial charge >= 0.3 is 0 Å². The van der Waals surface area contributed by atoms with Crippen molar-refractivity contribution >= 4 is 32.7 Å². The highest BCUT2D eigenvalue weighted by Gasteiger charge is 2.22. The van der Waals surface area contributed by atoms with Crippen LogP contribution in [0, 0.1) is 6.92 Å². The van der Waals surface area contributed by atoms with E-state index >= 15 is 0 Å². The van der Waals surface area contributed by atoms with Gasteiger partial charge < -0.3 is 4.42 Å². The van der Waals surface area contributed by atoms with Crippen LogP contribution in [0.15, 0.2) is 39.4 Å². The van der Waals surface area contributed by atoms with Crippen LogP contribution in [0.5, 0.6) is 0 Å². The van der Waals surface area contributed by atoms with Gasteiger partial charge in [-0.2, -0.15) is 5.10 Å². The quantitative estimate of drug-likeness (QED) is 0.660. The monoisotopic (exact) mass is 346 g/mol. The molecule has 0 unspecified atom stereocenters. The first-order chi connectivity index (χ1) is 10.1. The third-order valence-corrected chi connectivity index (χ3v) is 3.92. The Hall–Kier alpha value is -1.88. The Morgan fingerprint density at radius 2 is 2.19 bits per heavy atom. The molecule has 0 radical (unpaired) electrons. The number of aryl methyl sites for hydroxylation is 2. The summed E-state index contributed by atoms with van der Waals surface area (Å²) < 4.78 is 8.09. The van der Waals surface area contributed by atoms with Gasteiger partial charge in [0.15, 0.2) is 5.76 Å². The fourth-order valence-corrected chi connectivity index (χ4v) is 2.84. The van der Waals surface area contributed by atoms with Gasteiger partial charge in [-0.25, -0.2) is 0 Å². The van der Waals surface area contributed by atoms with Crippen LogP contribution in [-0.4, -0.2) is 15.6 Å². The largest absolute Gasteiger partial charge is 0.453 e. The minimum Gasteiger partial charge on any atom is -0.453 e. The molecular weight excluding hydrogens is 332 g/mol. The minimum atomic E-state index is -0.151. The van der Waals surface area contributed by atoms with Crippen molar-refractivity contribution < 1.29 is 9.21 Å². The maximum atomic E-state index is 12.7. The summed E-state index contributed by atoms with van der Waals surface area (Å²) >= 11 is 3.39. The van der Waals surface area contributed by atoms with Gasteiger partial charge in [0.05, 0.1) is 10.7 Å². The number of benzene rings is 1. The van der Waals surface area contributed by atoms with Crippen molar-refractivity contribution in [3.8, 4) is 0 Å². The summed E-state index contributed by atoms with van der Waals surface area (Å²) in [5, 5.41) is 5.17. The summed E-state index contributed by atoms with van der Waals surface area (Å²) in [7, 11) is 0. The fourth-order valence-electron chi connectivity index (χ4n) is 2.36. The number of halogens is 1. The van der Waals surface area contributed by atoms with E-state index in [1.54, 1.807) is 16.9 Å². The maximum absolute atomic E-state index is 12.7. The number of rotatable bonds is 4. The van der Waals surface area contributed by atoms with Crippen molar-refractivity contribution in [1.29, 1.82) is 0 Å². The number of ketones is 1. The molecule has 3 aromatic rings. The average Bonchev–Trinajstić information content (AvgIpc) is 3.02. The highest BCUT2D eigenvalue weighted by molar-refractivity contribution is 9.10. The van der Waals surface area contributed by atoms with Crippen LogP contribution in [0.4, 0.5) is 0 Å². The van der Waals surface area contributed by atoms with Gasteiger partial charge in [-0.3, -0.25) is 9.48 Å². The first kappa shape index (κ1) is 14.1. The van der Waals surface area contributed by atoms with Crippen molar-refractivity contribution in [2.24, 2.45) is 0 Å². The lowest BCUT2D eigenvalue weighted by Crippen LogP contribution is -2.11. The minimum absolute atomic E-state index is 0.151. The molecule has 0 amide bonds. The van der Waals surface area contributed by atoms with Gasteiger partial charge in [-0.15, -0.1) is 0 Å². The number of fused-ring (bicyclic) bond motifs is 1. The second-order valence-corrected chi connectivity index (χ2v) is 5.90. The number of hydrogen-bond donors (Lipinski definition) is 0. The summed E-state index contributed by atoms with van der Waals surface area (Å²) in [5.41, 5.74) is 2.40. The molecule has 0 aliphatic heterocycles. The summed E-state index contributed by atoms with van der Waals surface area (Å²) in [6.07, 6.45) is 2.56. The van der Waals surface area contributed by atoms with Crippen LogP contribution in [0.2, 0.25) is 0 Å². The molecule has 0 atom stereocenters. The molecular formula is C16H15BrN2O2. The van der Waals surface area contributed by atoms with E-state index in [1.807, 2.05) is 32.0 Å². The molecule has 1 aromatic carbocycles. The summed E-state index contributed by atoms with van der Waals surface area (Å²) in [4.78, 5) is 12.7. The molecule has 0 N–H and O–H groups in total. The van der Waals surface area contributed by atoms with E-state index in [1.165, 1.54) is 0 Å². The molecule has 2 aromatic heterocycles. The molecule has 4 nitrogen and oxygen atoms in total. The van der Waals surface area contributed by atoms with Crippen LogP contribution < -0.4 is 0 Å². The summed E-state index contributed by atoms with van der Waals surface area (Å²) in [6, 6.07) is 7.66. The molecule has 0 bridgehead atoms. The van der Waals surface area contributed by atoms with Gasteiger partial charge in [0.2, 0.25) is 5.78 Å². The van der Waals surface area contributed by atoms with E-state index in [2.05, 4.69) is 21.0 Å². The highest BCUT2D eigenvalue weighted by atomic mass is 79.9. The zero-order valence-electron chi connectivity index (χ0n) is 11.9. The molecule has 0 saturated heterocycles. The first-order valence-corrected chi connectivity index (χ1v) is 7.65. The van der Waals surface area contributed by atoms with Crippen molar-refractivity contribution in [2.75, 3.05) is 0 Å². The Kier molecular flexibility index (Phi) is 3.68. The van der Waals surface area contributed by atoms with Crippen LogP contribution in [0.1, 0.15) is 35.2 Å². The number of carbonyl (C=O) groups excluding carboxylic acids is 1. The van der Waals surface area contributed by atoms with Crippen molar-refractivity contribution in [3.63, 3.8) is 0 Å². The second-order valence-electron chi connectivity index (χ2n) is 5.05. The van der Waals surface area contributed by atoms with E-state index in [0.717, 1.165) is 23.0 Å². The molecule has 2 heterocycles. The lowest BCUT2D eigenvalue weighted by molar-refractivity contribution is 0.1000. The number of hydrogen-bond acceptors (Lipinski definition) is 3. The van der Waals surface area contributed by atoms with Crippen LogP contribution >= 0.6 is 15.9 Å². The van der Waals surface area contributed by atoms with E-state index in [-0.39, 0.29) is 5.78 Å². The van der Waals surface area contributed by atoms with Gasteiger partial charge in [-0.1, -0.05) is 18.6 Å². The standard InChI is InChI=1S/C16H15BrN2O2/c1-3-6-19-15(12(17)9-18-19)16(20)14-8-11-7-10(2)4-5-13(11)21-14/h4-5,7-9H,3,6H2,1-2H3. The van der Waals surface area contributed by atoms with Gasteiger partial charge in [0.1, 0.15) is 11.3 Å². The number of carbonyl (C=O) groups is 1. The molecule has 21 heavy (non-hydrogen) atoms. The van der Waals surface area contributed by atoms with Crippen molar-refractivity contribution in [3.05, 3.63) is 52.0 Å². The second kappa shape index (κ2) is 5.48. The Labute approximate surface area is 130 Å². The topological polar surface area (TPSA) is 48.0 Å². The average molecular weight is 347 g/mol. The van der Waals surface area contributed by atoms with Crippen LogP contribution in [0.25, 0.3) is 11.0 Å². The fraction of sp³-hybridized carbons (Fsp3) is 0.250. The third-order valence-electron chi connectivity index (χ3n) is 3.34. The molecule has 0 aliphatic rings. The Balaban J connectivity index is 2.06. The van der Waals surface area contributed by atoms with E-state index in [0.29, 0.717) is 22.5 Å². The van der Waals surface area contributed by atoms with Crippen molar-refractivity contribution in [1.82, 2.24) is 9.78 Å². The predicted molar refractivity (Wildman–Crippen MR) is 84.6 cm³/mol. The van der Waals surface area contributed by atoms with Gasteiger partial charge in [-0.05, 0) is 47.5 Å². The lowest BCUT2D eigenvalue weighted by atomic mass is 10.1. The van der Waals surface area contributed by atoms with E-state index < -0.39 is 0 Å². The van der Waals surface area contributed by atoms with E-state index in [9.17, 15) is 4.79 Å². The van der Waals surface area contributed by atoms with Crippen molar-refractivity contribution in [2.45, 2.75) is 26.8 Å². The van der Waals surface area contributed by atoms with Gasteiger partial charge in [0.25, 0.3) is 0 Å². The third kappa shape index (κ3) is 2.53. The molecule has 5 heteroatoms. The predicted octanol–water partition coefficient (Wildman–Crippen LogP) is 4.34. The Morgan fingerprint density at radius 3 is 2.95 bits per heavy atom. The molecule has 0 spiro atoms. The molecule has 3 rings (SSSR count). The Bertz CT molecular complexity index is 817. The zero-order chi connectivity index (χ0) is 15.0. The summed E-state index contributed by atoms with van der Waals surface area (Å²) in [5.74, 6) is 0.191. The zero-order valence-corrected chi connectivity index (χ0v) is 13.5. The number of aromatic nitrogens is 2. The molecule has 0 aliphatic carbocycles. The molecule has 0 fully saturated rings. The maximum Gasteiger partial charge on any atom is 0.247 e. The van der Waals surface area contributed by atoms with Crippen LogP contribution in [0.3, 0.4) is 0 Å².